The van der Waals surface area contributed by atoms with E-state index < -0.39 is 0 Å². The topological polar surface area (TPSA) is 0 Å². The van der Waals surface area contributed by atoms with Crippen LogP contribution in [0.1, 0.15) is 43.2 Å². The summed E-state index contributed by atoms with van der Waals surface area (Å²) < 4.78 is 0. The van der Waals surface area contributed by atoms with E-state index in [1.807, 2.05) is 0 Å². The fourth-order valence-electron chi connectivity index (χ4n) is 13.2. The molecule has 4 saturated carbocycles. The van der Waals surface area contributed by atoms with Gasteiger partial charge in [-0.2, -0.15) is 0 Å². The van der Waals surface area contributed by atoms with Gasteiger partial charge >= 0.3 is 0 Å². The average molecular weight is 715 g/mol. The summed E-state index contributed by atoms with van der Waals surface area (Å²) >= 11 is 0. The van der Waals surface area contributed by atoms with Gasteiger partial charge in [-0.15, -0.1) is 0 Å². The molecule has 0 aliphatic heterocycles. The largest absolute Gasteiger partial charge is 0.0616 e. The van der Waals surface area contributed by atoms with E-state index in [1.54, 1.807) is 11.1 Å². The number of fused-ring (bicyclic) bond motifs is 7. The Morgan fingerprint density at radius 3 is 1.48 bits per heavy atom. The van der Waals surface area contributed by atoms with Crippen LogP contribution in [-0.4, -0.2) is 0 Å². The first-order valence-corrected chi connectivity index (χ1v) is 20.9. The van der Waals surface area contributed by atoms with E-state index in [-0.39, 0.29) is 5.41 Å². The maximum atomic E-state index is 2.64. The zero-order valence-corrected chi connectivity index (χ0v) is 31.5. The SMILES string of the molecule is c1cc(-c2c3ccccc3c(-c3ccc(-c4cccc5ccccc45)cc3)c3ccccc23)c2c(c1)C1(c3cc4ccccc4cc3-2)C2CC3CC(C2)CC1C3. The molecule has 14 rings (SSSR count). The first-order valence-electron chi connectivity index (χ1n) is 20.9. The van der Waals surface area contributed by atoms with Crippen LogP contribution in [0, 0.1) is 23.7 Å². The molecule has 0 amide bonds. The van der Waals surface area contributed by atoms with Crippen LogP contribution in [0.4, 0.5) is 0 Å². The summed E-state index contributed by atoms with van der Waals surface area (Å²) in [5, 5.41) is 10.6. The molecule has 266 valence electrons. The second-order valence-electron chi connectivity index (χ2n) is 17.6. The third kappa shape index (κ3) is 4.15. The van der Waals surface area contributed by atoms with Crippen molar-refractivity contribution in [2.75, 3.05) is 0 Å². The molecule has 0 radical (unpaired) electrons. The number of hydrogen-bond donors (Lipinski definition) is 0. The molecule has 4 fully saturated rings. The molecule has 0 aromatic heterocycles. The maximum absolute atomic E-state index is 2.64. The minimum absolute atomic E-state index is 0.107. The highest BCUT2D eigenvalue weighted by atomic mass is 14.6. The molecule has 1 spiro atoms. The zero-order valence-electron chi connectivity index (χ0n) is 31.5. The standard InChI is InChI=1S/C56H42/c1-2-13-40-33-52-50(32-39(40)12-1)55-49(21-10-22-51(55)56(52)41-28-34-27-35(30-41)31-42(56)29-34)54-47-18-7-5-16-45(47)53(46-17-6-8-19-48(46)54)38-25-23-37(24-26-38)44-20-9-14-36-11-3-4-15-43(36)44/h1-26,32-35,41-42H,27-31H2. The molecule has 0 atom stereocenters. The Bertz CT molecular complexity index is 3000. The van der Waals surface area contributed by atoms with E-state index in [1.165, 1.54) is 120 Å². The van der Waals surface area contributed by atoms with E-state index in [4.69, 9.17) is 0 Å². The van der Waals surface area contributed by atoms with Crippen LogP contribution >= 0.6 is 0 Å². The third-order valence-electron chi connectivity index (χ3n) is 15.0. The first-order chi connectivity index (χ1) is 27.7. The van der Waals surface area contributed by atoms with Crippen molar-refractivity contribution < 1.29 is 0 Å². The molecular formula is C56H42. The number of hydrogen-bond acceptors (Lipinski definition) is 0. The van der Waals surface area contributed by atoms with E-state index in [9.17, 15) is 0 Å². The normalized spacial score (nSPS) is 23.1. The molecule has 9 aromatic carbocycles. The van der Waals surface area contributed by atoms with Crippen LogP contribution in [0.15, 0.2) is 170 Å². The summed E-state index contributed by atoms with van der Waals surface area (Å²) in [7, 11) is 0. The molecule has 0 unspecified atom stereocenters. The van der Waals surface area contributed by atoms with Gasteiger partial charge in [0.15, 0.2) is 0 Å². The van der Waals surface area contributed by atoms with E-state index in [0.29, 0.717) is 0 Å². The third-order valence-corrected chi connectivity index (χ3v) is 15.0. The van der Waals surface area contributed by atoms with Crippen molar-refractivity contribution in [1.82, 2.24) is 0 Å². The molecule has 0 N–H and O–H groups in total. The number of rotatable bonds is 3. The molecule has 56 heavy (non-hydrogen) atoms. The minimum atomic E-state index is 0.107. The summed E-state index contributed by atoms with van der Waals surface area (Å²) in [5.74, 6) is 3.28. The van der Waals surface area contributed by atoms with Crippen LogP contribution in [0.5, 0.6) is 0 Å². The lowest BCUT2D eigenvalue weighted by Gasteiger charge is -2.61. The van der Waals surface area contributed by atoms with Gasteiger partial charge in [0.1, 0.15) is 0 Å². The van der Waals surface area contributed by atoms with Gasteiger partial charge in [-0.25, -0.2) is 0 Å². The van der Waals surface area contributed by atoms with Crippen molar-refractivity contribution in [3.63, 3.8) is 0 Å². The van der Waals surface area contributed by atoms with Crippen LogP contribution in [0.2, 0.25) is 0 Å². The predicted octanol–water partition coefficient (Wildman–Crippen LogP) is 15.0. The second kappa shape index (κ2) is 11.5. The van der Waals surface area contributed by atoms with Gasteiger partial charge in [0.05, 0.1) is 0 Å². The smallest absolute Gasteiger partial charge is 0.0272 e. The zero-order chi connectivity index (χ0) is 36.5. The summed E-state index contributed by atoms with van der Waals surface area (Å²) in [6, 6.07) is 64.9. The van der Waals surface area contributed by atoms with Gasteiger partial charge in [0.2, 0.25) is 0 Å². The van der Waals surface area contributed by atoms with Crippen LogP contribution in [0.25, 0.3) is 87.6 Å². The van der Waals surface area contributed by atoms with E-state index in [2.05, 4.69) is 170 Å². The monoisotopic (exact) mass is 714 g/mol. The van der Waals surface area contributed by atoms with E-state index >= 15 is 0 Å². The quantitative estimate of drug-likeness (QED) is 0.160. The van der Waals surface area contributed by atoms with Crippen molar-refractivity contribution in [1.29, 1.82) is 0 Å². The molecule has 0 heterocycles. The molecule has 5 aliphatic carbocycles. The Kier molecular flexibility index (Phi) is 6.43. The maximum Gasteiger partial charge on any atom is 0.0272 e. The Balaban J connectivity index is 1.06. The Hall–Kier alpha value is -5.98. The van der Waals surface area contributed by atoms with Gasteiger partial charge in [-0.05, 0) is 167 Å². The van der Waals surface area contributed by atoms with Crippen LogP contribution in [-0.2, 0) is 5.41 Å². The Morgan fingerprint density at radius 2 is 0.821 bits per heavy atom. The second-order valence-corrected chi connectivity index (χ2v) is 17.6. The minimum Gasteiger partial charge on any atom is -0.0616 e. The average Bonchev–Trinajstić information content (AvgIpc) is 3.53. The summed E-state index contributed by atoms with van der Waals surface area (Å²) in [6.07, 6.45) is 7.04. The summed E-state index contributed by atoms with van der Waals surface area (Å²) in [5.41, 5.74) is 14.2. The lowest BCUT2D eigenvalue weighted by Crippen LogP contribution is -2.55. The molecule has 0 saturated heterocycles. The van der Waals surface area contributed by atoms with Crippen molar-refractivity contribution in [3.05, 3.63) is 181 Å². The van der Waals surface area contributed by atoms with Crippen molar-refractivity contribution in [2.24, 2.45) is 23.7 Å². The van der Waals surface area contributed by atoms with Gasteiger partial charge in [-0.3, -0.25) is 0 Å². The van der Waals surface area contributed by atoms with E-state index in [0.717, 1.165) is 23.7 Å². The molecule has 9 aromatic rings. The molecular weight excluding hydrogens is 673 g/mol. The van der Waals surface area contributed by atoms with Crippen molar-refractivity contribution >= 4 is 43.1 Å². The first kappa shape index (κ1) is 31.2. The fraction of sp³-hybridized carbons (Fsp3) is 0.179. The lowest BCUT2D eigenvalue weighted by molar-refractivity contribution is -0.0398. The Labute approximate surface area is 328 Å². The molecule has 4 bridgehead atoms. The molecule has 0 heteroatoms. The highest BCUT2D eigenvalue weighted by Gasteiger charge is 2.61. The predicted molar refractivity (Wildman–Crippen MR) is 236 cm³/mol. The Morgan fingerprint density at radius 1 is 0.321 bits per heavy atom. The summed E-state index contributed by atoms with van der Waals surface area (Å²) in [6.45, 7) is 0. The van der Waals surface area contributed by atoms with Crippen molar-refractivity contribution in [3.8, 4) is 44.5 Å². The molecule has 0 nitrogen and oxygen atoms in total. The van der Waals surface area contributed by atoms with Gasteiger partial charge in [0.25, 0.3) is 0 Å². The highest BCUT2D eigenvalue weighted by Crippen LogP contribution is 2.70. The fourth-order valence-corrected chi connectivity index (χ4v) is 13.2. The van der Waals surface area contributed by atoms with Crippen LogP contribution in [0.3, 0.4) is 0 Å². The van der Waals surface area contributed by atoms with Gasteiger partial charge in [-0.1, -0.05) is 158 Å². The van der Waals surface area contributed by atoms with Gasteiger partial charge in [0, 0.05) is 5.41 Å². The highest BCUT2D eigenvalue weighted by molar-refractivity contribution is 6.23. The van der Waals surface area contributed by atoms with Crippen molar-refractivity contribution in [2.45, 2.75) is 37.5 Å². The molecule has 5 aliphatic rings. The number of benzene rings is 9. The van der Waals surface area contributed by atoms with Crippen LogP contribution < -0.4 is 0 Å². The van der Waals surface area contributed by atoms with Gasteiger partial charge < -0.3 is 0 Å². The summed E-state index contributed by atoms with van der Waals surface area (Å²) in [4.78, 5) is 0. The lowest BCUT2D eigenvalue weighted by atomic mass is 9.43.